The molecule has 0 aliphatic heterocycles. The second kappa shape index (κ2) is 6.29. The average molecular weight is 320 g/mol. The number of halogens is 2. The highest BCUT2D eigenvalue weighted by Crippen LogP contribution is 2.14. The van der Waals surface area contributed by atoms with Crippen LogP contribution in [0, 0.1) is 5.82 Å². The Hall–Kier alpha value is -1.94. The van der Waals surface area contributed by atoms with E-state index in [2.05, 4.69) is 21.2 Å². The minimum Gasteiger partial charge on any atom is -0.323 e. The van der Waals surface area contributed by atoms with Gasteiger partial charge in [-0.3, -0.25) is 4.79 Å². The van der Waals surface area contributed by atoms with Gasteiger partial charge in [0.15, 0.2) is 0 Å². The summed E-state index contributed by atoms with van der Waals surface area (Å²) in [6, 6.07) is 13.2. The Kier molecular flexibility index (Phi) is 4.47. The van der Waals surface area contributed by atoms with E-state index in [1.165, 1.54) is 18.2 Å². The molecule has 2 nitrogen and oxygen atoms in total. The molecular formula is C15H11BrFNO. The van der Waals surface area contributed by atoms with Crippen molar-refractivity contribution in [2.75, 3.05) is 5.32 Å². The standard InChI is InChI=1S/C15H11BrFNO/c16-12-4-8-14(9-5-12)18-15(19)10-3-11-1-6-13(17)7-2-11/h1-10H,(H,18,19). The third-order valence-electron chi connectivity index (χ3n) is 2.41. The van der Waals surface area contributed by atoms with Crippen molar-refractivity contribution in [2.24, 2.45) is 0 Å². The first kappa shape index (κ1) is 13.5. The SMILES string of the molecule is O=C(C=Cc1ccc(F)cc1)Nc1ccc(Br)cc1. The fourth-order valence-electron chi connectivity index (χ4n) is 1.46. The number of benzene rings is 2. The Labute approximate surface area is 119 Å². The second-order valence-electron chi connectivity index (χ2n) is 3.88. The highest BCUT2D eigenvalue weighted by molar-refractivity contribution is 9.10. The van der Waals surface area contributed by atoms with E-state index in [0.29, 0.717) is 0 Å². The molecule has 0 bridgehead atoms. The van der Waals surface area contributed by atoms with Crippen LogP contribution in [-0.2, 0) is 4.79 Å². The van der Waals surface area contributed by atoms with E-state index in [-0.39, 0.29) is 11.7 Å². The Bertz CT molecular complexity index is 591. The maximum Gasteiger partial charge on any atom is 0.248 e. The van der Waals surface area contributed by atoms with Crippen molar-refractivity contribution in [2.45, 2.75) is 0 Å². The average Bonchev–Trinajstić information content (AvgIpc) is 2.41. The van der Waals surface area contributed by atoms with E-state index in [4.69, 9.17) is 0 Å². The minimum atomic E-state index is -0.295. The van der Waals surface area contributed by atoms with Crippen LogP contribution in [0.5, 0.6) is 0 Å². The third-order valence-corrected chi connectivity index (χ3v) is 2.94. The normalized spacial score (nSPS) is 10.6. The van der Waals surface area contributed by atoms with Crippen LogP contribution in [-0.4, -0.2) is 5.91 Å². The lowest BCUT2D eigenvalue weighted by atomic mass is 10.2. The zero-order valence-corrected chi connectivity index (χ0v) is 11.5. The highest BCUT2D eigenvalue weighted by atomic mass is 79.9. The van der Waals surface area contributed by atoms with E-state index in [1.54, 1.807) is 30.3 Å². The highest BCUT2D eigenvalue weighted by Gasteiger charge is 1.97. The fourth-order valence-corrected chi connectivity index (χ4v) is 1.73. The maximum atomic E-state index is 12.7. The van der Waals surface area contributed by atoms with Crippen LogP contribution < -0.4 is 5.32 Å². The van der Waals surface area contributed by atoms with Gasteiger partial charge in [-0.15, -0.1) is 0 Å². The molecule has 2 aromatic rings. The zero-order valence-electron chi connectivity index (χ0n) is 9.94. The first-order chi connectivity index (χ1) is 9.13. The van der Waals surface area contributed by atoms with Crippen molar-refractivity contribution < 1.29 is 9.18 Å². The molecule has 4 heteroatoms. The molecule has 0 aliphatic carbocycles. The van der Waals surface area contributed by atoms with Crippen LogP contribution >= 0.6 is 15.9 Å². The molecule has 0 aliphatic rings. The molecule has 1 N–H and O–H groups in total. The first-order valence-electron chi connectivity index (χ1n) is 5.64. The van der Waals surface area contributed by atoms with E-state index >= 15 is 0 Å². The van der Waals surface area contributed by atoms with Crippen LogP contribution in [0.25, 0.3) is 6.08 Å². The summed E-state index contributed by atoms with van der Waals surface area (Å²) in [7, 11) is 0. The van der Waals surface area contributed by atoms with E-state index in [1.807, 2.05) is 12.1 Å². The van der Waals surface area contributed by atoms with Gasteiger partial charge >= 0.3 is 0 Å². The number of amides is 1. The van der Waals surface area contributed by atoms with Crippen LogP contribution in [0.15, 0.2) is 59.1 Å². The molecule has 0 aromatic heterocycles. The Balaban J connectivity index is 1.97. The summed E-state index contributed by atoms with van der Waals surface area (Å²) in [4.78, 5) is 11.7. The predicted molar refractivity (Wildman–Crippen MR) is 78.2 cm³/mol. The molecule has 96 valence electrons. The molecule has 0 spiro atoms. The van der Waals surface area contributed by atoms with Crippen molar-refractivity contribution in [3.63, 3.8) is 0 Å². The lowest BCUT2D eigenvalue weighted by Gasteiger charge is -2.01. The van der Waals surface area contributed by atoms with Crippen molar-refractivity contribution in [3.8, 4) is 0 Å². The number of carbonyl (C=O) groups excluding carboxylic acids is 1. The number of rotatable bonds is 3. The van der Waals surface area contributed by atoms with Crippen molar-refractivity contribution in [3.05, 3.63) is 70.5 Å². The summed E-state index contributed by atoms with van der Waals surface area (Å²) >= 11 is 3.32. The first-order valence-corrected chi connectivity index (χ1v) is 6.43. The summed E-state index contributed by atoms with van der Waals surface area (Å²) in [5.41, 5.74) is 1.49. The van der Waals surface area contributed by atoms with E-state index in [9.17, 15) is 9.18 Å². The Morgan fingerprint density at radius 2 is 1.68 bits per heavy atom. The second-order valence-corrected chi connectivity index (χ2v) is 4.80. The lowest BCUT2D eigenvalue weighted by Crippen LogP contribution is -2.07. The van der Waals surface area contributed by atoms with Gasteiger partial charge in [-0.05, 0) is 48.0 Å². The molecule has 2 rings (SSSR count). The van der Waals surface area contributed by atoms with Gasteiger partial charge in [0, 0.05) is 16.2 Å². The summed E-state index contributed by atoms with van der Waals surface area (Å²) in [5, 5.41) is 2.73. The molecular weight excluding hydrogens is 309 g/mol. The summed E-state index contributed by atoms with van der Waals surface area (Å²) < 4.78 is 13.6. The van der Waals surface area contributed by atoms with Crippen molar-refractivity contribution in [1.29, 1.82) is 0 Å². The van der Waals surface area contributed by atoms with Crippen LogP contribution in [0.3, 0.4) is 0 Å². The summed E-state index contributed by atoms with van der Waals surface area (Å²) in [6.07, 6.45) is 3.04. The molecule has 0 atom stereocenters. The molecule has 0 saturated heterocycles. The number of anilines is 1. The topological polar surface area (TPSA) is 29.1 Å². The molecule has 0 fully saturated rings. The smallest absolute Gasteiger partial charge is 0.248 e. The molecule has 0 unspecified atom stereocenters. The quantitative estimate of drug-likeness (QED) is 0.842. The minimum absolute atomic E-state index is 0.230. The zero-order chi connectivity index (χ0) is 13.7. The van der Waals surface area contributed by atoms with Gasteiger partial charge in [0.2, 0.25) is 5.91 Å². The van der Waals surface area contributed by atoms with Crippen LogP contribution in [0.1, 0.15) is 5.56 Å². The largest absolute Gasteiger partial charge is 0.323 e. The van der Waals surface area contributed by atoms with Gasteiger partial charge < -0.3 is 5.32 Å². The molecule has 0 radical (unpaired) electrons. The number of carbonyl (C=O) groups is 1. The summed E-state index contributed by atoms with van der Waals surface area (Å²) in [5.74, 6) is -0.525. The van der Waals surface area contributed by atoms with Gasteiger partial charge in [0.05, 0.1) is 0 Å². The number of hydrogen-bond donors (Lipinski definition) is 1. The molecule has 0 heterocycles. The number of nitrogens with one attached hydrogen (secondary N) is 1. The van der Waals surface area contributed by atoms with Crippen LogP contribution in [0.4, 0.5) is 10.1 Å². The van der Waals surface area contributed by atoms with E-state index < -0.39 is 0 Å². The molecule has 19 heavy (non-hydrogen) atoms. The molecule has 2 aromatic carbocycles. The fraction of sp³-hybridized carbons (Fsp3) is 0. The lowest BCUT2D eigenvalue weighted by molar-refractivity contribution is -0.111. The van der Waals surface area contributed by atoms with Gasteiger partial charge in [-0.2, -0.15) is 0 Å². The van der Waals surface area contributed by atoms with E-state index in [0.717, 1.165) is 15.7 Å². The van der Waals surface area contributed by atoms with Crippen LogP contribution in [0.2, 0.25) is 0 Å². The predicted octanol–water partition coefficient (Wildman–Crippen LogP) is 4.24. The van der Waals surface area contributed by atoms with Crippen molar-refractivity contribution in [1.82, 2.24) is 0 Å². The van der Waals surface area contributed by atoms with Crippen molar-refractivity contribution >= 4 is 33.6 Å². The Morgan fingerprint density at radius 1 is 1.05 bits per heavy atom. The number of hydrogen-bond acceptors (Lipinski definition) is 1. The van der Waals surface area contributed by atoms with Gasteiger partial charge in [0.25, 0.3) is 0 Å². The Morgan fingerprint density at radius 3 is 2.32 bits per heavy atom. The maximum absolute atomic E-state index is 12.7. The monoisotopic (exact) mass is 319 g/mol. The van der Waals surface area contributed by atoms with Gasteiger partial charge in [-0.25, -0.2) is 4.39 Å². The summed E-state index contributed by atoms with van der Waals surface area (Å²) in [6.45, 7) is 0. The van der Waals surface area contributed by atoms with Gasteiger partial charge in [0.1, 0.15) is 5.82 Å². The molecule has 0 saturated carbocycles. The third kappa shape index (κ3) is 4.34. The molecule has 1 amide bonds. The van der Waals surface area contributed by atoms with Gasteiger partial charge in [-0.1, -0.05) is 28.1 Å².